The first-order chi connectivity index (χ1) is 14.8. The smallest absolute Gasteiger partial charge is 0.240 e. The van der Waals surface area contributed by atoms with Crippen LogP contribution in [0.15, 0.2) is 52.6 Å². The first kappa shape index (κ1) is 19.7. The summed E-state index contributed by atoms with van der Waals surface area (Å²) >= 11 is 0. The highest BCUT2D eigenvalue weighted by molar-refractivity contribution is 7.94. The lowest BCUT2D eigenvalue weighted by molar-refractivity contribution is 0.493. The number of benzene rings is 1. The van der Waals surface area contributed by atoms with Crippen LogP contribution >= 0.6 is 0 Å². The van der Waals surface area contributed by atoms with Crippen molar-refractivity contribution in [1.82, 2.24) is 35.3 Å². The standard InChI is InChI=1S/C17H16N8O4S2/c18-31(28,29)15-13(30(26,27)10-8-19-9-10)4-3-11(14(15)16-21-23-24-22-16)12-2-1-6-25-7-5-20-17(12)25/h1-7,10,19H,8-9H2,(H2,18,28,29)(H,21,22,23,24). The second-order valence-electron chi connectivity index (χ2n) is 7.00. The molecule has 0 aliphatic carbocycles. The van der Waals surface area contributed by atoms with Gasteiger partial charge in [0.25, 0.3) is 0 Å². The monoisotopic (exact) mass is 460 g/mol. The molecule has 5 rings (SSSR count). The number of primary sulfonamides is 1. The highest BCUT2D eigenvalue weighted by atomic mass is 32.2. The third kappa shape index (κ3) is 3.11. The number of aromatic nitrogens is 6. The zero-order valence-electron chi connectivity index (χ0n) is 15.8. The fourth-order valence-electron chi connectivity index (χ4n) is 3.60. The van der Waals surface area contributed by atoms with E-state index in [1.54, 1.807) is 35.1 Å². The van der Waals surface area contributed by atoms with Crippen molar-refractivity contribution in [3.63, 3.8) is 0 Å². The predicted octanol–water partition coefficient (Wildman–Crippen LogP) is -0.426. The number of hydrogen-bond acceptors (Lipinski definition) is 9. The molecule has 3 aromatic heterocycles. The summed E-state index contributed by atoms with van der Waals surface area (Å²) in [6.45, 7) is 0.443. The number of fused-ring (bicyclic) bond motifs is 1. The second kappa shape index (κ2) is 6.91. The Balaban J connectivity index is 1.91. The van der Waals surface area contributed by atoms with Crippen LogP contribution in [-0.2, 0) is 19.9 Å². The summed E-state index contributed by atoms with van der Waals surface area (Å²) in [5, 5.41) is 21.3. The first-order valence-corrected chi connectivity index (χ1v) is 12.2. The van der Waals surface area contributed by atoms with Crippen molar-refractivity contribution in [2.24, 2.45) is 5.14 Å². The van der Waals surface area contributed by atoms with Crippen molar-refractivity contribution in [3.05, 3.63) is 42.9 Å². The van der Waals surface area contributed by atoms with Crippen molar-refractivity contribution < 1.29 is 16.8 Å². The summed E-state index contributed by atoms with van der Waals surface area (Å²) in [5.41, 5.74) is 1.38. The van der Waals surface area contributed by atoms with Crippen molar-refractivity contribution in [2.45, 2.75) is 15.0 Å². The number of rotatable bonds is 5. The fraction of sp³-hybridized carbons (Fsp3) is 0.176. The van der Waals surface area contributed by atoms with Gasteiger partial charge in [0, 0.05) is 37.2 Å². The predicted molar refractivity (Wildman–Crippen MR) is 109 cm³/mol. The number of nitrogens with zero attached hydrogens (tertiary/aromatic N) is 5. The Morgan fingerprint density at radius 1 is 1.06 bits per heavy atom. The van der Waals surface area contributed by atoms with Crippen LogP contribution in [0.2, 0.25) is 0 Å². The average molecular weight is 461 g/mol. The molecule has 4 N–H and O–H groups in total. The third-order valence-corrected chi connectivity index (χ3v) is 8.46. The lowest BCUT2D eigenvalue weighted by atomic mass is 10.00. The highest BCUT2D eigenvalue weighted by Gasteiger charge is 2.38. The van der Waals surface area contributed by atoms with Gasteiger partial charge >= 0.3 is 0 Å². The molecule has 160 valence electrons. The molecule has 1 fully saturated rings. The van der Waals surface area contributed by atoms with Crippen LogP contribution in [0.5, 0.6) is 0 Å². The van der Waals surface area contributed by atoms with Crippen molar-refractivity contribution >= 4 is 25.5 Å². The van der Waals surface area contributed by atoms with Gasteiger partial charge in [0.1, 0.15) is 10.5 Å². The maximum absolute atomic E-state index is 13.2. The van der Waals surface area contributed by atoms with E-state index in [1.807, 2.05) is 0 Å². The van der Waals surface area contributed by atoms with Gasteiger partial charge in [-0.2, -0.15) is 5.21 Å². The molecule has 0 amide bonds. The molecule has 31 heavy (non-hydrogen) atoms. The molecule has 1 aliphatic rings. The minimum atomic E-state index is -4.51. The lowest BCUT2D eigenvalue weighted by Gasteiger charge is -2.28. The van der Waals surface area contributed by atoms with Crippen LogP contribution in [0, 0.1) is 0 Å². The number of aromatic amines is 1. The maximum atomic E-state index is 13.2. The van der Waals surface area contributed by atoms with E-state index >= 15 is 0 Å². The van der Waals surface area contributed by atoms with Crippen LogP contribution in [0.1, 0.15) is 0 Å². The van der Waals surface area contributed by atoms with Gasteiger partial charge in [0.15, 0.2) is 9.84 Å². The van der Waals surface area contributed by atoms with Gasteiger partial charge in [-0.05, 0) is 29.0 Å². The van der Waals surface area contributed by atoms with E-state index in [0.717, 1.165) is 0 Å². The second-order valence-corrected chi connectivity index (χ2v) is 10.7. The number of imidazole rings is 1. The molecule has 0 atom stereocenters. The summed E-state index contributed by atoms with van der Waals surface area (Å²) in [4.78, 5) is 3.37. The van der Waals surface area contributed by atoms with Crippen LogP contribution in [0.3, 0.4) is 0 Å². The van der Waals surface area contributed by atoms with Gasteiger partial charge in [-0.1, -0.05) is 6.07 Å². The lowest BCUT2D eigenvalue weighted by Crippen LogP contribution is -2.51. The molecule has 1 aromatic carbocycles. The summed E-state index contributed by atoms with van der Waals surface area (Å²) in [7, 11) is -8.50. The molecule has 4 aromatic rings. The van der Waals surface area contributed by atoms with E-state index in [0.29, 0.717) is 16.8 Å². The van der Waals surface area contributed by atoms with Gasteiger partial charge in [-0.25, -0.2) is 27.0 Å². The van der Waals surface area contributed by atoms with E-state index in [2.05, 4.69) is 30.9 Å². The maximum Gasteiger partial charge on any atom is 0.240 e. The number of hydrogen-bond donors (Lipinski definition) is 3. The Morgan fingerprint density at radius 3 is 2.52 bits per heavy atom. The highest BCUT2D eigenvalue weighted by Crippen LogP contribution is 2.40. The molecule has 1 saturated heterocycles. The van der Waals surface area contributed by atoms with E-state index in [-0.39, 0.29) is 29.4 Å². The Labute approximate surface area is 176 Å². The third-order valence-electron chi connectivity index (χ3n) is 5.17. The summed E-state index contributed by atoms with van der Waals surface area (Å²) in [5.74, 6) is -0.101. The topological polar surface area (TPSA) is 178 Å². The number of nitrogens with one attached hydrogen (secondary N) is 2. The van der Waals surface area contributed by atoms with Crippen LogP contribution in [0.25, 0.3) is 28.2 Å². The van der Waals surface area contributed by atoms with Gasteiger partial charge in [0.05, 0.1) is 15.7 Å². The molecular weight excluding hydrogens is 444 g/mol. The Bertz CT molecular complexity index is 1510. The summed E-state index contributed by atoms with van der Waals surface area (Å²) < 4.78 is 53.6. The number of pyridine rings is 1. The van der Waals surface area contributed by atoms with E-state index in [4.69, 9.17) is 5.14 Å². The molecule has 0 spiro atoms. The van der Waals surface area contributed by atoms with Crippen molar-refractivity contribution in [3.8, 4) is 22.5 Å². The quantitative estimate of drug-likeness (QED) is 0.356. The molecule has 0 saturated carbocycles. The van der Waals surface area contributed by atoms with E-state index in [9.17, 15) is 16.8 Å². The number of H-pyrrole nitrogens is 1. The first-order valence-electron chi connectivity index (χ1n) is 9.09. The minimum Gasteiger partial charge on any atom is -0.314 e. The van der Waals surface area contributed by atoms with E-state index in [1.165, 1.54) is 12.1 Å². The molecule has 0 unspecified atom stereocenters. The SMILES string of the molecule is NS(=O)(=O)c1c(S(=O)(=O)C2CNC2)ccc(-c2cccn3ccnc23)c1-c1nn[nH]n1. The Hall–Kier alpha value is -3.20. The van der Waals surface area contributed by atoms with Crippen LogP contribution < -0.4 is 10.5 Å². The van der Waals surface area contributed by atoms with Gasteiger partial charge < -0.3 is 9.72 Å². The zero-order valence-corrected chi connectivity index (χ0v) is 17.4. The van der Waals surface area contributed by atoms with Gasteiger partial charge in [-0.3, -0.25) is 0 Å². The minimum absolute atomic E-state index is 0.0549. The Kier molecular flexibility index (Phi) is 4.40. The van der Waals surface area contributed by atoms with Crippen LogP contribution in [0.4, 0.5) is 0 Å². The van der Waals surface area contributed by atoms with Crippen LogP contribution in [-0.4, -0.2) is 65.2 Å². The molecule has 14 heteroatoms. The number of tetrazole rings is 1. The van der Waals surface area contributed by atoms with Crippen molar-refractivity contribution in [2.75, 3.05) is 13.1 Å². The molecule has 4 heterocycles. The molecule has 0 radical (unpaired) electrons. The molecule has 1 aliphatic heterocycles. The average Bonchev–Trinajstić information content (AvgIpc) is 3.35. The largest absolute Gasteiger partial charge is 0.314 e. The number of sulfonamides is 1. The molecule has 12 nitrogen and oxygen atoms in total. The van der Waals surface area contributed by atoms with Gasteiger partial charge in [-0.15, -0.1) is 10.2 Å². The van der Waals surface area contributed by atoms with E-state index < -0.39 is 30.0 Å². The summed E-state index contributed by atoms with van der Waals surface area (Å²) in [6, 6.07) is 6.27. The van der Waals surface area contributed by atoms with Gasteiger partial charge in [0.2, 0.25) is 15.8 Å². The number of nitrogens with two attached hydrogens (primary N) is 1. The number of sulfone groups is 1. The summed E-state index contributed by atoms with van der Waals surface area (Å²) in [6.07, 6.45) is 5.11. The van der Waals surface area contributed by atoms with Crippen molar-refractivity contribution in [1.29, 1.82) is 0 Å². The Morgan fingerprint density at radius 2 is 1.87 bits per heavy atom. The fourth-order valence-corrected chi connectivity index (χ4v) is 6.79. The normalized spacial score (nSPS) is 15.3. The molecular formula is C17H16N8O4S2. The molecule has 0 bridgehead atoms. The zero-order chi connectivity index (χ0) is 21.8.